The molecule has 0 saturated carbocycles. The monoisotopic (exact) mass is 249 g/mol. The molecule has 3 aromatic rings. The smallest absolute Gasteiger partial charge is 0.168 e. The van der Waals surface area contributed by atoms with E-state index in [4.69, 9.17) is 4.74 Å². The number of ether oxygens (including phenoxy) is 1. The van der Waals surface area contributed by atoms with Crippen LogP contribution in [0.3, 0.4) is 0 Å². The molecule has 0 unspecified atom stereocenters. The first-order valence-electron chi connectivity index (χ1n) is 5.95. The summed E-state index contributed by atoms with van der Waals surface area (Å²) in [6.07, 6.45) is 0.735. The molecule has 0 radical (unpaired) electrons. The number of fused-ring (bicyclic) bond motifs is 1. The van der Waals surface area contributed by atoms with Crippen molar-refractivity contribution < 1.29 is 9.53 Å². The first kappa shape index (κ1) is 11.4. The standard InChI is InChI=1S/C16H11NO2/c18-11-13-10-9-12-5-4-8-15(16(12)17-13)19-14-6-2-1-3-7-14/h1-11H. The van der Waals surface area contributed by atoms with E-state index in [1.807, 2.05) is 54.6 Å². The Morgan fingerprint density at radius 1 is 0.895 bits per heavy atom. The molecule has 0 spiro atoms. The van der Waals surface area contributed by atoms with Crippen LogP contribution in [0.4, 0.5) is 0 Å². The van der Waals surface area contributed by atoms with E-state index in [2.05, 4.69) is 4.98 Å². The molecule has 0 aliphatic heterocycles. The molecule has 0 aliphatic rings. The molecule has 0 atom stereocenters. The van der Waals surface area contributed by atoms with Crippen LogP contribution >= 0.6 is 0 Å². The highest BCUT2D eigenvalue weighted by atomic mass is 16.5. The predicted molar refractivity (Wildman–Crippen MR) is 73.6 cm³/mol. The van der Waals surface area contributed by atoms with Crippen molar-refractivity contribution in [3.05, 3.63) is 66.4 Å². The number of aldehydes is 1. The Labute approximate surface area is 110 Å². The van der Waals surface area contributed by atoms with Gasteiger partial charge in [0.2, 0.25) is 0 Å². The highest BCUT2D eigenvalue weighted by molar-refractivity contribution is 5.87. The Morgan fingerprint density at radius 3 is 2.53 bits per heavy atom. The van der Waals surface area contributed by atoms with Crippen molar-refractivity contribution in [2.45, 2.75) is 0 Å². The zero-order valence-electron chi connectivity index (χ0n) is 10.1. The third-order valence-electron chi connectivity index (χ3n) is 2.80. The number of pyridine rings is 1. The molecular formula is C16H11NO2. The maximum atomic E-state index is 10.8. The summed E-state index contributed by atoms with van der Waals surface area (Å²) >= 11 is 0. The molecule has 3 rings (SSSR count). The molecule has 2 aromatic carbocycles. The van der Waals surface area contributed by atoms with Gasteiger partial charge in [-0.15, -0.1) is 0 Å². The average Bonchev–Trinajstić information content (AvgIpc) is 2.48. The van der Waals surface area contributed by atoms with Gasteiger partial charge in [0.15, 0.2) is 12.0 Å². The summed E-state index contributed by atoms with van der Waals surface area (Å²) in [6, 6.07) is 18.7. The SMILES string of the molecule is O=Cc1ccc2cccc(Oc3ccccc3)c2n1. The first-order chi connectivity index (χ1) is 9.36. The highest BCUT2D eigenvalue weighted by Crippen LogP contribution is 2.28. The van der Waals surface area contributed by atoms with Crippen LogP contribution in [0, 0.1) is 0 Å². The number of benzene rings is 2. The third kappa shape index (κ3) is 2.31. The van der Waals surface area contributed by atoms with Gasteiger partial charge in [-0.2, -0.15) is 0 Å². The summed E-state index contributed by atoms with van der Waals surface area (Å²) in [5.41, 5.74) is 1.09. The van der Waals surface area contributed by atoms with Gasteiger partial charge in [-0.25, -0.2) is 4.98 Å². The van der Waals surface area contributed by atoms with Gasteiger partial charge in [0, 0.05) is 5.39 Å². The van der Waals surface area contributed by atoms with Crippen molar-refractivity contribution in [2.24, 2.45) is 0 Å². The lowest BCUT2D eigenvalue weighted by molar-refractivity contribution is 0.111. The Morgan fingerprint density at radius 2 is 1.74 bits per heavy atom. The van der Waals surface area contributed by atoms with Crippen LogP contribution in [0.5, 0.6) is 11.5 Å². The molecule has 3 nitrogen and oxygen atoms in total. The maximum absolute atomic E-state index is 10.8. The minimum absolute atomic E-state index is 0.400. The van der Waals surface area contributed by atoms with E-state index in [0.29, 0.717) is 17.0 Å². The zero-order valence-corrected chi connectivity index (χ0v) is 10.1. The fraction of sp³-hybridized carbons (Fsp3) is 0. The van der Waals surface area contributed by atoms with Gasteiger partial charge in [0.25, 0.3) is 0 Å². The molecule has 0 N–H and O–H groups in total. The van der Waals surface area contributed by atoms with E-state index in [9.17, 15) is 4.79 Å². The van der Waals surface area contributed by atoms with E-state index in [-0.39, 0.29) is 0 Å². The summed E-state index contributed by atoms with van der Waals surface area (Å²) in [5.74, 6) is 1.39. The second kappa shape index (κ2) is 4.90. The van der Waals surface area contributed by atoms with Crippen LogP contribution in [-0.4, -0.2) is 11.3 Å². The van der Waals surface area contributed by atoms with Gasteiger partial charge in [0.05, 0.1) is 0 Å². The van der Waals surface area contributed by atoms with Crippen molar-refractivity contribution in [3.8, 4) is 11.5 Å². The molecule has 0 amide bonds. The molecule has 0 saturated heterocycles. The highest BCUT2D eigenvalue weighted by Gasteiger charge is 2.05. The number of rotatable bonds is 3. The lowest BCUT2D eigenvalue weighted by Gasteiger charge is -2.08. The van der Waals surface area contributed by atoms with Crippen LogP contribution < -0.4 is 4.74 Å². The summed E-state index contributed by atoms with van der Waals surface area (Å²) in [5, 5.41) is 0.944. The van der Waals surface area contributed by atoms with E-state index in [1.54, 1.807) is 6.07 Å². The normalized spacial score (nSPS) is 10.3. The molecule has 0 aliphatic carbocycles. The number of carbonyl (C=O) groups is 1. The lowest BCUT2D eigenvalue weighted by Crippen LogP contribution is -1.91. The Hall–Kier alpha value is -2.68. The molecule has 3 heteroatoms. The minimum atomic E-state index is 0.400. The fourth-order valence-electron chi connectivity index (χ4n) is 1.90. The van der Waals surface area contributed by atoms with E-state index < -0.39 is 0 Å². The Balaban J connectivity index is 2.10. The van der Waals surface area contributed by atoms with Gasteiger partial charge in [-0.05, 0) is 24.3 Å². The predicted octanol–water partition coefficient (Wildman–Crippen LogP) is 3.84. The van der Waals surface area contributed by atoms with Crippen LogP contribution in [0.25, 0.3) is 10.9 Å². The largest absolute Gasteiger partial charge is 0.455 e. The minimum Gasteiger partial charge on any atom is -0.455 e. The summed E-state index contributed by atoms with van der Waals surface area (Å²) < 4.78 is 5.81. The van der Waals surface area contributed by atoms with Crippen molar-refractivity contribution >= 4 is 17.2 Å². The van der Waals surface area contributed by atoms with Crippen molar-refractivity contribution in [3.63, 3.8) is 0 Å². The van der Waals surface area contributed by atoms with Crippen LogP contribution in [0.1, 0.15) is 10.5 Å². The number of aromatic nitrogens is 1. The molecule has 1 heterocycles. The second-order valence-corrected chi connectivity index (χ2v) is 4.10. The molecule has 19 heavy (non-hydrogen) atoms. The first-order valence-corrected chi connectivity index (χ1v) is 5.95. The summed E-state index contributed by atoms with van der Waals surface area (Å²) in [4.78, 5) is 15.1. The van der Waals surface area contributed by atoms with Crippen molar-refractivity contribution in [1.29, 1.82) is 0 Å². The fourth-order valence-corrected chi connectivity index (χ4v) is 1.90. The van der Waals surface area contributed by atoms with Gasteiger partial charge in [-0.3, -0.25) is 4.79 Å². The molecule has 92 valence electrons. The van der Waals surface area contributed by atoms with Gasteiger partial charge in [-0.1, -0.05) is 36.4 Å². The second-order valence-electron chi connectivity index (χ2n) is 4.10. The van der Waals surface area contributed by atoms with Crippen LogP contribution in [0.15, 0.2) is 60.7 Å². The number of carbonyl (C=O) groups excluding carboxylic acids is 1. The number of nitrogens with zero attached hydrogens (tertiary/aromatic N) is 1. The van der Waals surface area contributed by atoms with Gasteiger partial charge >= 0.3 is 0 Å². The molecule has 0 bridgehead atoms. The van der Waals surface area contributed by atoms with Crippen molar-refractivity contribution in [1.82, 2.24) is 4.98 Å². The average molecular weight is 249 g/mol. The zero-order chi connectivity index (χ0) is 13.1. The third-order valence-corrected chi connectivity index (χ3v) is 2.80. The van der Waals surface area contributed by atoms with E-state index >= 15 is 0 Å². The van der Waals surface area contributed by atoms with Crippen LogP contribution in [-0.2, 0) is 0 Å². The Kier molecular flexibility index (Phi) is 2.94. The quantitative estimate of drug-likeness (QED) is 0.662. The molecular weight excluding hydrogens is 238 g/mol. The molecule has 0 fully saturated rings. The van der Waals surface area contributed by atoms with Crippen molar-refractivity contribution in [2.75, 3.05) is 0 Å². The summed E-state index contributed by atoms with van der Waals surface area (Å²) in [6.45, 7) is 0. The van der Waals surface area contributed by atoms with Crippen LogP contribution in [0.2, 0.25) is 0 Å². The number of hydrogen-bond acceptors (Lipinski definition) is 3. The lowest BCUT2D eigenvalue weighted by atomic mass is 10.2. The number of hydrogen-bond donors (Lipinski definition) is 0. The summed E-state index contributed by atoms with van der Waals surface area (Å²) in [7, 11) is 0. The van der Waals surface area contributed by atoms with Gasteiger partial charge < -0.3 is 4.74 Å². The molecule has 1 aromatic heterocycles. The maximum Gasteiger partial charge on any atom is 0.168 e. The topological polar surface area (TPSA) is 39.2 Å². The van der Waals surface area contributed by atoms with Gasteiger partial charge in [0.1, 0.15) is 17.0 Å². The van der Waals surface area contributed by atoms with E-state index in [0.717, 1.165) is 17.4 Å². The number of para-hydroxylation sites is 2. The Bertz CT molecular complexity index is 723. The van der Waals surface area contributed by atoms with E-state index in [1.165, 1.54) is 0 Å².